The zero-order chi connectivity index (χ0) is 15.7. The zero-order valence-electron chi connectivity index (χ0n) is 11.8. The third-order valence-electron chi connectivity index (χ3n) is 3.27. The molecular weight excluding hydrogens is 338 g/mol. The summed E-state index contributed by atoms with van der Waals surface area (Å²) in [6, 6.07) is 4.70. The Morgan fingerprint density at radius 3 is 2.38 bits per heavy atom. The first-order chi connectivity index (χ1) is 9.82. The second-order valence-corrected chi connectivity index (χ2v) is 5.49. The fourth-order valence-corrected chi connectivity index (χ4v) is 2.60. The number of carbonyl (C=O) groups is 2. The monoisotopic (exact) mass is 351 g/mol. The molecule has 0 aliphatic rings. The molecule has 2 rings (SSSR count). The van der Waals surface area contributed by atoms with Crippen LogP contribution in [0.5, 0.6) is 0 Å². The molecule has 0 bridgehead atoms. The molecule has 0 spiro atoms. The van der Waals surface area contributed by atoms with Gasteiger partial charge in [-0.05, 0) is 48.8 Å². The molecule has 1 aromatic carbocycles. The van der Waals surface area contributed by atoms with Gasteiger partial charge in [-0.2, -0.15) is 0 Å². The third-order valence-corrected chi connectivity index (χ3v) is 3.93. The number of halogens is 1. The first kappa shape index (κ1) is 15.3. The number of nitrogens with one attached hydrogen (secondary N) is 1. The largest absolute Gasteiger partial charge is 0.478 e. The van der Waals surface area contributed by atoms with Crippen molar-refractivity contribution in [2.45, 2.75) is 20.8 Å². The molecule has 0 saturated heterocycles. The zero-order valence-corrected chi connectivity index (χ0v) is 13.4. The predicted octanol–water partition coefficient (Wildman–Crippen LogP) is 3.92. The van der Waals surface area contributed by atoms with Crippen LogP contribution >= 0.6 is 15.9 Å². The Morgan fingerprint density at radius 1 is 1.19 bits per heavy atom. The van der Waals surface area contributed by atoms with Gasteiger partial charge in [0.2, 0.25) is 0 Å². The molecule has 0 radical (unpaired) electrons. The van der Waals surface area contributed by atoms with Crippen LogP contribution in [0, 0.1) is 20.8 Å². The van der Waals surface area contributed by atoms with E-state index in [0.717, 1.165) is 5.56 Å². The van der Waals surface area contributed by atoms with E-state index >= 15 is 0 Å². The van der Waals surface area contributed by atoms with Crippen molar-refractivity contribution in [3.8, 4) is 0 Å². The SMILES string of the molecule is Cc1oc(C)c(C(=O)Nc2c(Br)cccc2C(=O)O)c1C. The van der Waals surface area contributed by atoms with Crippen LogP contribution in [0.15, 0.2) is 27.1 Å². The highest BCUT2D eigenvalue weighted by molar-refractivity contribution is 9.10. The average Bonchev–Trinajstić information content (AvgIpc) is 2.65. The minimum atomic E-state index is -1.11. The predicted molar refractivity (Wildman–Crippen MR) is 82.0 cm³/mol. The molecule has 0 saturated carbocycles. The first-order valence-corrected chi connectivity index (χ1v) is 7.02. The van der Waals surface area contributed by atoms with E-state index in [1.807, 2.05) is 0 Å². The molecule has 0 unspecified atom stereocenters. The standard InChI is InChI=1S/C15H14BrNO4/c1-7-8(2)21-9(3)12(7)14(18)17-13-10(15(19)20)5-4-6-11(13)16/h4-6H,1-3H3,(H,17,18)(H,19,20). The van der Waals surface area contributed by atoms with Crippen LogP contribution in [-0.4, -0.2) is 17.0 Å². The smallest absolute Gasteiger partial charge is 0.337 e. The second kappa shape index (κ2) is 5.73. The van der Waals surface area contributed by atoms with Crippen molar-refractivity contribution in [2.24, 2.45) is 0 Å². The van der Waals surface area contributed by atoms with E-state index in [9.17, 15) is 14.7 Å². The Kier molecular flexibility index (Phi) is 4.18. The summed E-state index contributed by atoms with van der Waals surface area (Å²) in [6.07, 6.45) is 0. The number of benzene rings is 1. The summed E-state index contributed by atoms with van der Waals surface area (Å²) in [7, 11) is 0. The molecule has 0 fully saturated rings. The fraction of sp³-hybridized carbons (Fsp3) is 0.200. The van der Waals surface area contributed by atoms with Crippen LogP contribution in [-0.2, 0) is 0 Å². The Bertz CT molecular complexity index is 734. The van der Waals surface area contributed by atoms with Gasteiger partial charge in [-0.1, -0.05) is 6.07 Å². The molecule has 110 valence electrons. The molecule has 1 aromatic heterocycles. The van der Waals surface area contributed by atoms with Crippen LogP contribution in [0.25, 0.3) is 0 Å². The van der Waals surface area contributed by atoms with Crippen molar-refractivity contribution in [1.82, 2.24) is 0 Å². The summed E-state index contributed by atoms with van der Waals surface area (Å²) in [5.74, 6) is -0.325. The maximum Gasteiger partial charge on any atom is 0.337 e. The molecule has 5 nitrogen and oxygen atoms in total. The van der Waals surface area contributed by atoms with Gasteiger partial charge in [-0.25, -0.2) is 4.79 Å². The van der Waals surface area contributed by atoms with Crippen molar-refractivity contribution in [1.29, 1.82) is 0 Å². The quantitative estimate of drug-likeness (QED) is 0.878. The van der Waals surface area contributed by atoms with Crippen molar-refractivity contribution >= 4 is 33.5 Å². The Labute approximate surface area is 130 Å². The number of rotatable bonds is 3. The second-order valence-electron chi connectivity index (χ2n) is 4.64. The highest BCUT2D eigenvalue weighted by Crippen LogP contribution is 2.28. The van der Waals surface area contributed by atoms with Crippen molar-refractivity contribution < 1.29 is 19.1 Å². The van der Waals surface area contributed by atoms with Gasteiger partial charge in [-0.3, -0.25) is 4.79 Å². The fourth-order valence-electron chi connectivity index (χ4n) is 2.13. The van der Waals surface area contributed by atoms with Gasteiger partial charge in [0, 0.05) is 10.0 Å². The van der Waals surface area contributed by atoms with Crippen molar-refractivity contribution in [2.75, 3.05) is 5.32 Å². The molecule has 2 N–H and O–H groups in total. The van der Waals surface area contributed by atoms with Gasteiger partial charge >= 0.3 is 5.97 Å². The minimum Gasteiger partial charge on any atom is -0.478 e. The van der Waals surface area contributed by atoms with E-state index in [2.05, 4.69) is 21.2 Å². The molecule has 1 amide bonds. The lowest BCUT2D eigenvalue weighted by atomic mass is 10.1. The highest BCUT2D eigenvalue weighted by atomic mass is 79.9. The number of carboxylic acids is 1. The maximum atomic E-state index is 12.4. The number of amides is 1. The average molecular weight is 352 g/mol. The Balaban J connectivity index is 2.43. The lowest BCUT2D eigenvalue weighted by Gasteiger charge is -2.10. The normalized spacial score (nSPS) is 10.5. The van der Waals surface area contributed by atoms with E-state index in [1.165, 1.54) is 6.07 Å². The molecule has 2 aromatic rings. The lowest BCUT2D eigenvalue weighted by Crippen LogP contribution is -2.16. The molecule has 0 aliphatic heterocycles. The van der Waals surface area contributed by atoms with E-state index in [-0.39, 0.29) is 11.3 Å². The molecular formula is C15H14BrNO4. The summed E-state index contributed by atoms with van der Waals surface area (Å²) in [5, 5.41) is 11.8. The van der Waals surface area contributed by atoms with Crippen LogP contribution in [0.2, 0.25) is 0 Å². The van der Waals surface area contributed by atoms with E-state index in [1.54, 1.807) is 32.9 Å². The summed E-state index contributed by atoms with van der Waals surface area (Å²) >= 11 is 3.26. The number of hydrogen-bond acceptors (Lipinski definition) is 3. The van der Waals surface area contributed by atoms with E-state index in [4.69, 9.17) is 4.42 Å². The maximum absolute atomic E-state index is 12.4. The number of aromatic carboxylic acids is 1. The summed E-state index contributed by atoms with van der Waals surface area (Å²) in [5.41, 5.74) is 1.43. The topological polar surface area (TPSA) is 79.5 Å². The molecule has 0 aliphatic carbocycles. The lowest BCUT2D eigenvalue weighted by molar-refractivity contribution is 0.0698. The van der Waals surface area contributed by atoms with Crippen LogP contribution in [0.1, 0.15) is 37.8 Å². The van der Waals surface area contributed by atoms with Gasteiger partial charge < -0.3 is 14.8 Å². The van der Waals surface area contributed by atoms with Crippen molar-refractivity contribution in [3.05, 3.63) is 50.9 Å². The van der Waals surface area contributed by atoms with Crippen LogP contribution in [0.4, 0.5) is 5.69 Å². The first-order valence-electron chi connectivity index (χ1n) is 6.22. The number of para-hydroxylation sites is 1. The highest BCUT2D eigenvalue weighted by Gasteiger charge is 2.21. The van der Waals surface area contributed by atoms with Gasteiger partial charge in [0.05, 0.1) is 16.8 Å². The van der Waals surface area contributed by atoms with Crippen LogP contribution < -0.4 is 5.32 Å². The van der Waals surface area contributed by atoms with Gasteiger partial charge in [0.15, 0.2) is 0 Å². The number of furan rings is 1. The number of hydrogen-bond donors (Lipinski definition) is 2. The van der Waals surface area contributed by atoms with E-state index in [0.29, 0.717) is 21.6 Å². The van der Waals surface area contributed by atoms with E-state index < -0.39 is 11.9 Å². The summed E-state index contributed by atoms with van der Waals surface area (Å²) in [4.78, 5) is 23.7. The minimum absolute atomic E-state index is 0.0215. The van der Waals surface area contributed by atoms with Gasteiger partial charge in [0.25, 0.3) is 5.91 Å². The number of carboxylic acid groups (broad SMARTS) is 1. The molecule has 1 heterocycles. The molecule has 0 atom stereocenters. The Morgan fingerprint density at radius 2 is 1.86 bits per heavy atom. The third kappa shape index (κ3) is 2.85. The Hall–Kier alpha value is -2.08. The molecule has 6 heteroatoms. The summed E-state index contributed by atoms with van der Waals surface area (Å²) < 4.78 is 5.93. The summed E-state index contributed by atoms with van der Waals surface area (Å²) in [6.45, 7) is 5.27. The molecule has 21 heavy (non-hydrogen) atoms. The van der Waals surface area contributed by atoms with Gasteiger partial charge in [0.1, 0.15) is 11.5 Å². The number of carbonyl (C=O) groups excluding carboxylic acids is 1. The van der Waals surface area contributed by atoms with Gasteiger partial charge in [-0.15, -0.1) is 0 Å². The van der Waals surface area contributed by atoms with Crippen molar-refractivity contribution in [3.63, 3.8) is 0 Å². The number of anilines is 1. The van der Waals surface area contributed by atoms with Crippen LogP contribution in [0.3, 0.4) is 0 Å². The number of aryl methyl sites for hydroxylation is 2.